The van der Waals surface area contributed by atoms with Gasteiger partial charge in [-0.25, -0.2) is 0 Å². The van der Waals surface area contributed by atoms with Crippen LogP contribution in [-0.2, 0) is 11.0 Å². The number of aliphatic carboxylic acids is 1. The number of carboxylic acids is 1. The van der Waals surface area contributed by atoms with Gasteiger partial charge in [-0.3, -0.25) is 14.6 Å². The lowest BCUT2D eigenvalue weighted by atomic mass is 9.98. The lowest BCUT2D eigenvalue weighted by Gasteiger charge is -2.14. The number of halogens is 4. The summed E-state index contributed by atoms with van der Waals surface area (Å²) in [5.41, 5.74) is 0.345. The maximum atomic E-state index is 13.1. The van der Waals surface area contributed by atoms with Crippen molar-refractivity contribution in [2.45, 2.75) is 19.5 Å². The van der Waals surface area contributed by atoms with Gasteiger partial charge in [0.05, 0.1) is 25.3 Å². The van der Waals surface area contributed by atoms with Crippen LogP contribution < -0.4 is 10.1 Å². The van der Waals surface area contributed by atoms with Crippen molar-refractivity contribution in [3.63, 3.8) is 0 Å². The summed E-state index contributed by atoms with van der Waals surface area (Å²) < 4.78 is 44.9. The normalized spacial score (nSPS) is 10.8. The molecule has 0 bridgehead atoms. The summed E-state index contributed by atoms with van der Waals surface area (Å²) in [4.78, 5) is 27.1. The Balaban J connectivity index is 1.84. The highest BCUT2D eigenvalue weighted by atomic mass is 35.5. The van der Waals surface area contributed by atoms with E-state index >= 15 is 0 Å². The van der Waals surface area contributed by atoms with Gasteiger partial charge in [0.1, 0.15) is 11.4 Å². The molecule has 36 heavy (non-hydrogen) atoms. The third kappa shape index (κ3) is 6.77. The van der Waals surface area contributed by atoms with Crippen LogP contribution >= 0.6 is 11.6 Å². The maximum Gasteiger partial charge on any atom is 0.433 e. The van der Waals surface area contributed by atoms with Crippen LogP contribution in [0.1, 0.15) is 35.0 Å². The number of hydrogen-bond donors (Lipinski definition) is 2. The molecule has 0 unspecified atom stereocenters. The molecular weight excluding hydrogens is 497 g/mol. The monoisotopic (exact) mass is 516 g/mol. The number of ketones is 1. The smallest absolute Gasteiger partial charge is 0.433 e. The van der Waals surface area contributed by atoms with E-state index in [-0.39, 0.29) is 47.1 Å². The minimum Gasteiger partial charge on any atom is -0.491 e. The first kappa shape index (κ1) is 26.6. The molecular formula is C26H20ClF3N2O4. The zero-order valence-corrected chi connectivity index (χ0v) is 19.7. The van der Waals surface area contributed by atoms with Crippen LogP contribution in [0.15, 0.2) is 54.7 Å². The predicted octanol–water partition coefficient (Wildman–Crippen LogP) is 5.94. The fourth-order valence-corrected chi connectivity index (χ4v) is 3.45. The molecule has 0 fully saturated rings. The first-order chi connectivity index (χ1) is 17.1. The predicted molar refractivity (Wildman–Crippen MR) is 129 cm³/mol. The zero-order chi connectivity index (χ0) is 26.3. The van der Waals surface area contributed by atoms with Crippen LogP contribution in [0.3, 0.4) is 0 Å². The molecule has 0 aliphatic carbocycles. The number of pyridine rings is 1. The van der Waals surface area contributed by atoms with E-state index in [9.17, 15) is 22.8 Å². The number of hydrogen-bond acceptors (Lipinski definition) is 5. The summed E-state index contributed by atoms with van der Waals surface area (Å²) in [7, 11) is 0. The van der Waals surface area contributed by atoms with Crippen LogP contribution in [0.5, 0.6) is 5.75 Å². The molecule has 6 nitrogen and oxygen atoms in total. The Morgan fingerprint density at radius 2 is 1.89 bits per heavy atom. The van der Waals surface area contributed by atoms with E-state index in [0.29, 0.717) is 17.0 Å². The maximum absolute atomic E-state index is 13.1. The van der Waals surface area contributed by atoms with Crippen LogP contribution in [0.2, 0.25) is 5.02 Å². The topological polar surface area (TPSA) is 88.5 Å². The molecule has 0 radical (unpaired) electrons. The van der Waals surface area contributed by atoms with Crippen molar-refractivity contribution in [2.24, 2.45) is 0 Å². The molecule has 0 atom stereocenters. The van der Waals surface area contributed by atoms with E-state index in [1.165, 1.54) is 25.1 Å². The van der Waals surface area contributed by atoms with Gasteiger partial charge in [0, 0.05) is 33.5 Å². The van der Waals surface area contributed by atoms with Gasteiger partial charge in [-0.05, 0) is 43.3 Å². The molecule has 0 spiro atoms. The lowest BCUT2D eigenvalue weighted by Crippen LogP contribution is -2.15. The van der Waals surface area contributed by atoms with E-state index in [1.807, 2.05) is 0 Å². The SMILES string of the molecule is CC#Cc1cc(C(F)(F)F)ncc1-c1cc(C(=O)CNc2ccccc2OCCC(=O)O)ccc1Cl. The quantitative estimate of drug-likeness (QED) is 0.270. The molecule has 3 aromatic rings. The molecule has 0 aliphatic rings. The number of aromatic nitrogens is 1. The van der Waals surface area contributed by atoms with Gasteiger partial charge in [0.15, 0.2) is 5.78 Å². The van der Waals surface area contributed by atoms with E-state index in [0.717, 1.165) is 12.3 Å². The minimum absolute atomic E-state index is 0.0351. The third-order valence-corrected chi connectivity index (χ3v) is 5.26. The number of carboxylic acid groups (broad SMARTS) is 1. The summed E-state index contributed by atoms with van der Waals surface area (Å²) in [6.45, 7) is 1.33. The van der Waals surface area contributed by atoms with Crippen LogP contribution in [0, 0.1) is 11.8 Å². The number of anilines is 1. The Bertz CT molecular complexity index is 1350. The second-order valence-corrected chi connectivity index (χ2v) is 7.85. The summed E-state index contributed by atoms with van der Waals surface area (Å²) in [5, 5.41) is 12.0. The number of alkyl halides is 3. The van der Waals surface area contributed by atoms with E-state index in [1.54, 1.807) is 24.3 Å². The highest BCUT2D eigenvalue weighted by Crippen LogP contribution is 2.35. The van der Waals surface area contributed by atoms with Crippen molar-refractivity contribution in [1.82, 2.24) is 4.98 Å². The number of carbonyl (C=O) groups is 2. The van der Waals surface area contributed by atoms with Crippen molar-refractivity contribution in [3.8, 4) is 28.7 Å². The second-order valence-electron chi connectivity index (χ2n) is 7.45. The van der Waals surface area contributed by atoms with E-state index in [2.05, 4.69) is 22.1 Å². The Morgan fingerprint density at radius 1 is 1.14 bits per heavy atom. The third-order valence-electron chi connectivity index (χ3n) is 4.93. The van der Waals surface area contributed by atoms with E-state index < -0.39 is 17.8 Å². The fraction of sp³-hybridized carbons (Fsp3) is 0.192. The van der Waals surface area contributed by atoms with Gasteiger partial charge >= 0.3 is 12.1 Å². The van der Waals surface area contributed by atoms with Crippen LogP contribution in [-0.4, -0.2) is 35.0 Å². The Labute approximate surface area is 210 Å². The Morgan fingerprint density at radius 3 is 2.58 bits per heavy atom. The summed E-state index contributed by atoms with van der Waals surface area (Å²) in [6, 6.07) is 12.1. The van der Waals surface area contributed by atoms with E-state index in [4.69, 9.17) is 21.4 Å². The largest absolute Gasteiger partial charge is 0.491 e. The number of carbonyl (C=O) groups excluding carboxylic acids is 1. The Hall–Kier alpha value is -4.03. The molecule has 0 aliphatic heterocycles. The average molecular weight is 517 g/mol. The summed E-state index contributed by atoms with van der Waals surface area (Å²) in [5.74, 6) is 4.30. The molecule has 3 rings (SSSR count). The van der Waals surface area contributed by atoms with Crippen molar-refractivity contribution in [1.29, 1.82) is 0 Å². The molecule has 2 N–H and O–H groups in total. The zero-order valence-electron chi connectivity index (χ0n) is 18.9. The second kappa shape index (κ2) is 11.6. The van der Waals surface area contributed by atoms with Crippen molar-refractivity contribution < 1.29 is 32.6 Å². The van der Waals surface area contributed by atoms with Crippen molar-refractivity contribution >= 4 is 29.0 Å². The lowest BCUT2D eigenvalue weighted by molar-refractivity contribution is -0.141. The minimum atomic E-state index is -4.64. The van der Waals surface area contributed by atoms with Gasteiger partial charge < -0.3 is 15.2 Å². The molecule has 186 valence electrons. The first-order valence-corrected chi connectivity index (χ1v) is 11.0. The molecule has 2 aromatic carbocycles. The molecule has 10 heteroatoms. The molecule has 0 amide bonds. The van der Waals surface area contributed by atoms with Crippen LogP contribution in [0.25, 0.3) is 11.1 Å². The number of Topliss-reactive ketones (excluding diaryl/α,β-unsaturated/α-hetero) is 1. The van der Waals surface area contributed by atoms with Gasteiger partial charge in [-0.15, -0.1) is 5.92 Å². The fourth-order valence-electron chi connectivity index (χ4n) is 3.23. The number of rotatable bonds is 9. The highest BCUT2D eigenvalue weighted by molar-refractivity contribution is 6.33. The summed E-state index contributed by atoms with van der Waals surface area (Å²) >= 11 is 6.32. The molecule has 1 heterocycles. The molecule has 0 saturated carbocycles. The standard InChI is InChI=1S/C26H20ClF3N2O4/c1-2-5-16-13-24(26(28,29)30)32-14-19(16)18-12-17(8-9-20(18)27)22(33)15-31-21-6-3-4-7-23(21)36-11-10-25(34)35/h3-4,6-9,12-14,31H,10-11,15H2,1H3,(H,34,35). The summed E-state index contributed by atoms with van der Waals surface area (Å²) in [6.07, 6.45) is -3.77. The number of ether oxygens (including phenoxy) is 1. The number of para-hydroxylation sites is 2. The van der Waals surface area contributed by atoms with Gasteiger partial charge in [-0.1, -0.05) is 29.7 Å². The Kier molecular flexibility index (Phi) is 8.56. The number of benzene rings is 2. The van der Waals surface area contributed by atoms with Gasteiger partial charge in [0.2, 0.25) is 0 Å². The van der Waals surface area contributed by atoms with Gasteiger partial charge in [-0.2, -0.15) is 13.2 Å². The molecule has 1 aromatic heterocycles. The first-order valence-electron chi connectivity index (χ1n) is 10.6. The highest BCUT2D eigenvalue weighted by Gasteiger charge is 2.33. The van der Waals surface area contributed by atoms with Crippen LogP contribution in [0.4, 0.5) is 18.9 Å². The average Bonchev–Trinajstić information content (AvgIpc) is 2.83. The number of nitrogens with one attached hydrogen (secondary N) is 1. The van der Waals surface area contributed by atoms with Gasteiger partial charge in [0.25, 0.3) is 0 Å². The van der Waals surface area contributed by atoms with Crippen molar-refractivity contribution in [2.75, 3.05) is 18.5 Å². The van der Waals surface area contributed by atoms with Crippen molar-refractivity contribution in [3.05, 3.63) is 76.6 Å². The molecule has 0 saturated heterocycles. The number of nitrogens with zero attached hydrogens (tertiary/aromatic N) is 1.